The number of carbonyl (C=O) groups is 2. The van der Waals surface area contributed by atoms with Crippen LogP contribution in [0.15, 0.2) is 51.7 Å². The van der Waals surface area contributed by atoms with E-state index in [1.54, 1.807) is 0 Å². The molecule has 2 aromatic carbocycles. The van der Waals surface area contributed by atoms with Crippen molar-refractivity contribution in [3.63, 3.8) is 0 Å². The second-order valence-corrected chi connectivity index (χ2v) is 6.69. The van der Waals surface area contributed by atoms with Crippen molar-refractivity contribution >= 4 is 34.4 Å². The van der Waals surface area contributed by atoms with E-state index in [2.05, 4.69) is 5.32 Å². The van der Waals surface area contributed by atoms with Crippen LogP contribution in [-0.2, 0) is 15.8 Å². The van der Waals surface area contributed by atoms with E-state index in [4.69, 9.17) is 25.9 Å². The first-order valence-corrected chi connectivity index (χ1v) is 8.99. The minimum atomic E-state index is -4.96. The second kappa shape index (κ2) is 8.68. The number of halogens is 4. The predicted octanol–water partition coefficient (Wildman–Crippen LogP) is 3.71. The molecule has 0 saturated heterocycles. The summed E-state index contributed by atoms with van der Waals surface area (Å²) in [7, 11) is 0. The van der Waals surface area contributed by atoms with Crippen LogP contribution >= 0.6 is 11.6 Å². The standard InChI is InChI=1S/C20H13ClF3NO6/c21-11-3-1-10(2-4-11)17-18(29)13-6-5-12(30-9-15(26)25-8-16(27)28)7-14(13)31-19(17)20(22,23)24/h1-7H,8-9H2,(H,25,26)(H,27,28). The quantitative estimate of drug-likeness (QED) is 0.587. The van der Waals surface area contributed by atoms with Crippen LogP contribution in [-0.4, -0.2) is 30.1 Å². The summed E-state index contributed by atoms with van der Waals surface area (Å²) >= 11 is 5.77. The number of aliphatic carboxylic acids is 1. The molecule has 7 nitrogen and oxygen atoms in total. The Balaban J connectivity index is 2.01. The zero-order valence-electron chi connectivity index (χ0n) is 15.5. The average Bonchev–Trinajstić information content (AvgIpc) is 2.70. The van der Waals surface area contributed by atoms with Crippen LogP contribution < -0.4 is 15.5 Å². The first-order chi connectivity index (χ1) is 14.6. The Hall–Kier alpha value is -3.53. The molecule has 0 spiro atoms. The number of fused-ring (bicyclic) bond motifs is 1. The molecule has 0 unspecified atom stereocenters. The van der Waals surface area contributed by atoms with Gasteiger partial charge >= 0.3 is 12.1 Å². The lowest BCUT2D eigenvalue weighted by molar-refractivity contribution is -0.152. The normalized spacial score (nSPS) is 11.4. The number of hydrogen-bond acceptors (Lipinski definition) is 5. The molecule has 31 heavy (non-hydrogen) atoms. The summed E-state index contributed by atoms with van der Waals surface area (Å²) in [6.07, 6.45) is -4.96. The van der Waals surface area contributed by atoms with Crippen molar-refractivity contribution in [1.82, 2.24) is 5.32 Å². The average molecular weight is 456 g/mol. The molecule has 3 rings (SSSR count). The molecule has 1 aromatic heterocycles. The van der Waals surface area contributed by atoms with Gasteiger partial charge in [-0.25, -0.2) is 0 Å². The molecule has 162 valence electrons. The van der Waals surface area contributed by atoms with Crippen LogP contribution in [0.1, 0.15) is 5.76 Å². The smallest absolute Gasteiger partial charge is 0.450 e. The van der Waals surface area contributed by atoms with Crippen LogP contribution in [0.2, 0.25) is 5.02 Å². The van der Waals surface area contributed by atoms with Crippen molar-refractivity contribution in [3.05, 3.63) is 63.5 Å². The Morgan fingerprint density at radius 1 is 1.13 bits per heavy atom. The van der Waals surface area contributed by atoms with Gasteiger partial charge in [0.1, 0.15) is 17.9 Å². The molecule has 2 N–H and O–H groups in total. The van der Waals surface area contributed by atoms with Crippen LogP contribution in [0.3, 0.4) is 0 Å². The second-order valence-electron chi connectivity index (χ2n) is 6.26. The first kappa shape index (κ1) is 22.2. The van der Waals surface area contributed by atoms with E-state index in [-0.39, 0.29) is 21.7 Å². The predicted molar refractivity (Wildman–Crippen MR) is 104 cm³/mol. The molecule has 0 aliphatic carbocycles. The molecule has 0 radical (unpaired) electrons. The molecule has 0 fully saturated rings. The SMILES string of the molecule is O=C(O)CNC(=O)COc1ccc2c(=O)c(-c3ccc(Cl)cc3)c(C(F)(F)F)oc2c1. The summed E-state index contributed by atoms with van der Waals surface area (Å²) in [6, 6.07) is 8.81. The highest BCUT2D eigenvalue weighted by atomic mass is 35.5. The van der Waals surface area contributed by atoms with Crippen LogP contribution in [0.5, 0.6) is 5.75 Å². The molecule has 1 heterocycles. The highest BCUT2D eigenvalue weighted by Crippen LogP contribution is 2.38. The fourth-order valence-electron chi connectivity index (χ4n) is 2.72. The van der Waals surface area contributed by atoms with Gasteiger partial charge in [-0.05, 0) is 29.8 Å². The third-order valence-corrected chi connectivity index (χ3v) is 4.31. The molecule has 0 aliphatic heterocycles. The molecule has 0 atom stereocenters. The zero-order valence-corrected chi connectivity index (χ0v) is 16.2. The lowest BCUT2D eigenvalue weighted by Gasteiger charge is -2.13. The van der Waals surface area contributed by atoms with Crippen molar-refractivity contribution in [2.75, 3.05) is 13.2 Å². The third kappa shape index (κ3) is 5.15. The van der Waals surface area contributed by atoms with Gasteiger partial charge in [-0.15, -0.1) is 0 Å². The Kier molecular flexibility index (Phi) is 6.21. The molecule has 11 heteroatoms. The van der Waals surface area contributed by atoms with Crippen molar-refractivity contribution in [2.45, 2.75) is 6.18 Å². The number of carboxylic acids is 1. The number of rotatable bonds is 6. The van der Waals surface area contributed by atoms with E-state index >= 15 is 0 Å². The van der Waals surface area contributed by atoms with Gasteiger partial charge < -0.3 is 19.6 Å². The number of amides is 1. The first-order valence-electron chi connectivity index (χ1n) is 8.61. The minimum absolute atomic E-state index is 0.0113. The van der Waals surface area contributed by atoms with Gasteiger partial charge in [0.2, 0.25) is 11.2 Å². The lowest BCUT2D eigenvalue weighted by atomic mass is 10.0. The van der Waals surface area contributed by atoms with E-state index in [0.29, 0.717) is 0 Å². The zero-order chi connectivity index (χ0) is 22.8. The van der Waals surface area contributed by atoms with Crippen molar-refractivity contribution in [1.29, 1.82) is 0 Å². The minimum Gasteiger partial charge on any atom is -0.484 e. The Morgan fingerprint density at radius 3 is 2.42 bits per heavy atom. The third-order valence-electron chi connectivity index (χ3n) is 4.06. The maximum atomic E-state index is 13.6. The molecule has 0 saturated carbocycles. The largest absolute Gasteiger partial charge is 0.484 e. The highest BCUT2D eigenvalue weighted by Gasteiger charge is 2.39. The summed E-state index contributed by atoms with van der Waals surface area (Å²) in [5, 5.41) is 10.7. The lowest BCUT2D eigenvalue weighted by Crippen LogP contribution is -2.33. The number of carboxylic acid groups (broad SMARTS) is 1. The molecule has 0 aliphatic rings. The van der Waals surface area contributed by atoms with E-state index in [1.165, 1.54) is 36.4 Å². The number of hydrogen-bond donors (Lipinski definition) is 2. The van der Waals surface area contributed by atoms with Crippen LogP contribution in [0.4, 0.5) is 13.2 Å². The Bertz CT molecular complexity index is 1200. The molecule has 3 aromatic rings. The number of carbonyl (C=O) groups excluding carboxylic acids is 1. The number of ether oxygens (including phenoxy) is 1. The Labute approximate surface area is 177 Å². The summed E-state index contributed by atoms with van der Waals surface area (Å²) < 4.78 is 51.1. The van der Waals surface area contributed by atoms with Gasteiger partial charge in [-0.1, -0.05) is 23.7 Å². The summed E-state index contributed by atoms with van der Waals surface area (Å²) in [4.78, 5) is 34.8. The van der Waals surface area contributed by atoms with Gasteiger partial charge in [-0.3, -0.25) is 14.4 Å². The highest BCUT2D eigenvalue weighted by molar-refractivity contribution is 6.30. The van der Waals surface area contributed by atoms with Crippen molar-refractivity contribution in [3.8, 4) is 16.9 Å². The van der Waals surface area contributed by atoms with Crippen LogP contribution in [0.25, 0.3) is 22.1 Å². The van der Waals surface area contributed by atoms with Gasteiger partial charge in [0, 0.05) is 11.1 Å². The van der Waals surface area contributed by atoms with Gasteiger partial charge in [0.05, 0.1) is 10.9 Å². The van der Waals surface area contributed by atoms with Gasteiger partial charge in [-0.2, -0.15) is 13.2 Å². The molecule has 0 bridgehead atoms. The van der Waals surface area contributed by atoms with E-state index in [1.807, 2.05) is 0 Å². The summed E-state index contributed by atoms with van der Waals surface area (Å²) in [6.45, 7) is -1.20. The van der Waals surface area contributed by atoms with Crippen molar-refractivity contribution < 1.29 is 37.0 Å². The van der Waals surface area contributed by atoms with E-state index in [0.717, 1.165) is 6.07 Å². The van der Waals surface area contributed by atoms with Crippen molar-refractivity contribution in [2.24, 2.45) is 0 Å². The van der Waals surface area contributed by atoms with E-state index < -0.39 is 53.5 Å². The fraction of sp³-hybridized carbons (Fsp3) is 0.150. The maximum absolute atomic E-state index is 13.6. The molecular formula is C20H13ClF3NO6. The van der Waals surface area contributed by atoms with Crippen LogP contribution in [0, 0.1) is 0 Å². The van der Waals surface area contributed by atoms with Gasteiger partial charge in [0.25, 0.3) is 5.91 Å². The number of benzene rings is 2. The Morgan fingerprint density at radius 2 is 1.81 bits per heavy atom. The molecule has 1 amide bonds. The molecular weight excluding hydrogens is 443 g/mol. The maximum Gasteiger partial charge on any atom is 0.450 e. The number of nitrogens with one attached hydrogen (secondary N) is 1. The van der Waals surface area contributed by atoms with E-state index in [9.17, 15) is 27.6 Å². The summed E-state index contributed by atoms with van der Waals surface area (Å²) in [5.74, 6) is -3.54. The topological polar surface area (TPSA) is 106 Å². The monoisotopic (exact) mass is 455 g/mol. The summed E-state index contributed by atoms with van der Waals surface area (Å²) in [5.41, 5.74) is -1.96. The van der Waals surface area contributed by atoms with Gasteiger partial charge in [0.15, 0.2) is 6.61 Å². The fourth-order valence-corrected chi connectivity index (χ4v) is 2.84. The number of alkyl halides is 3.